The lowest BCUT2D eigenvalue weighted by molar-refractivity contribution is 0.424. The van der Waals surface area contributed by atoms with Crippen molar-refractivity contribution in [1.82, 2.24) is 14.9 Å². The number of hydrogen-bond acceptors (Lipinski definition) is 3. The molecule has 1 heterocycles. The highest BCUT2D eigenvalue weighted by atomic mass is 79.9. The van der Waals surface area contributed by atoms with E-state index in [9.17, 15) is 0 Å². The fourth-order valence-electron chi connectivity index (χ4n) is 1.87. The predicted octanol–water partition coefficient (Wildman–Crippen LogP) is 3.39. The summed E-state index contributed by atoms with van der Waals surface area (Å²) in [5.41, 5.74) is 2.12. The van der Waals surface area contributed by atoms with Crippen molar-refractivity contribution in [3.8, 4) is 11.8 Å². The summed E-state index contributed by atoms with van der Waals surface area (Å²) in [7, 11) is 0. The highest BCUT2D eigenvalue weighted by Crippen LogP contribution is 2.22. The third-order valence-electron chi connectivity index (χ3n) is 2.85. The first-order chi connectivity index (χ1) is 9.40. The number of halogens is 1. The van der Waals surface area contributed by atoms with Crippen LogP contribution in [0.15, 0.2) is 35.1 Å². The van der Waals surface area contributed by atoms with Gasteiger partial charge in [-0.2, -0.15) is 5.26 Å². The summed E-state index contributed by atoms with van der Waals surface area (Å²) < 4.78 is 2.83. The summed E-state index contributed by atoms with van der Waals surface area (Å²) in [5.74, 6) is 0.393. The molecule has 2 rings (SSSR count). The Hall–Kier alpha value is -1.64. The van der Waals surface area contributed by atoms with E-state index in [2.05, 4.69) is 59.1 Å². The van der Waals surface area contributed by atoms with E-state index in [1.54, 1.807) is 6.20 Å². The second kappa shape index (κ2) is 5.78. The first-order valence-electron chi connectivity index (χ1n) is 6.38. The number of benzene rings is 1. The zero-order valence-electron chi connectivity index (χ0n) is 11.8. The maximum Gasteiger partial charge on any atom is 0.217 e. The van der Waals surface area contributed by atoms with Crippen molar-refractivity contribution < 1.29 is 0 Å². The van der Waals surface area contributed by atoms with Crippen LogP contribution in [0.1, 0.15) is 32.2 Å². The average Bonchev–Trinajstić information content (AvgIpc) is 2.83. The molecule has 0 spiro atoms. The van der Waals surface area contributed by atoms with Crippen LogP contribution in [0, 0.1) is 11.3 Å². The molecule has 0 bridgehead atoms. The van der Waals surface area contributed by atoms with Crippen molar-refractivity contribution in [2.75, 3.05) is 0 Å². The topological polar surface area (TPSA) is 53.6 Å². The number of aromatic nitrogens is 2. The first kappa shape index (κ1) is 14.8. The number of imidazole rings is 1. The molecule has 0 amide bonds. The van der Waals surface area contributed by atoms with Gasteiger partial charge in [0.15, 0.2) is 0 Å². The van der Waals surface area contributed by atoms with E-state index in [1.165, 1.54) is 0 Å². The highest BCUT2D eigenvalue weighted by Gasteiger charge is 2.13. The van der Waals surface area contributed by atoms with Crippen LogP contribution in [-0.4, -0.2) is 15.1 Å². The minimum Gasteiger partial charge on any atom is -0.308 e. The van der Waals surface area contributed by atoms with Crippen molar-refractivity contribution in [2.24, 2.45) is 0 Å². The van der Waals surface area contributed by atoms with Crippen LogP contribution in [0.5, 0.6) is 0 Å². The smallest absolute Gasteiger partial charge is 0.217 e. The van der Waals surface area contributed by atoms with Gasteiger partial charge in [-0.25, -0.2) is 4.98 Å². The van der Waals surface area contributed by atoms with Gasteiger partial charge >= 0.3 is 0 Å². The van der Waals surface area contributed by atoms with E-state index in [0.29, 0.717) is 5.82 Å². The molecular formula is C15H17BrN4. The average molecular weight is 333 g/mol. The maximum absolute atomic E-state index is 9.12. The molecule has 0 aliphatic carbocycles. The molecule has 0 fully saturated rings. The van der Waals surface area contributed by atoms with Crippen molar-refractivity contribution in [1.29, 1.82) is 5.26 Å². The Kier molecular flexibility index (Phi) is 4.26. The Bertz CT molecular complexity index is 647. The Morgan fingerprint density at radius 1 is 1.40 bits per heavy atom. The highest BCUT2D eigenvalue weighted by molar-refractivity contribution is 9.10. The number of hydrogen-bond donors (Lipinski definition) is 1. The summed E-state index contributed by atoms with van der Waals surface area (Å²) in [6.07, 6.45) is 3.45. The van der Waals surface area contributed by atoms with Gasteiger partial charge < -0.3 is 5.32 Å². The zero-order chi connectivity index (χ0) is 14.8. The number of nitrogens with zero attached hydrogens (tertiary/aromatic N) is 3. The lowest BCUT2D eigenvalue weighted by atomic mass is 10.1. The third-order valence-corrected chi connectivity index (χ3v) is 3.34. The Morgan fingerprint density at radius 3 is 2.80 bits per heavy atom. The molecule has 1 N–H and O–H groups in total. The van der Waals surface area contributed by atoms with Gasteiger partial charge in [0.2, 0.25) is 5.82 Å². The molecule has 0 saturated heterocycles. The monoisotopic (exact) mass is 332 g/mol. The maximum atomic E-state index is 9.12. The lowest BCUT2D eigenvalue weighted by Gasteiger charge is -2.22. The van der Waals surface area contributed by atoms with Gasteiger partial charge in [-0.15, -0.1) is 0 Å². The van der Waals surface area contributed by atoms with Gasteiger partial charge in [-0.05, 0) is 44.5 Å². The molecule has 0 saturated carbocycles. The van der Waals surface area contributed by atoms with E-state index in [1.807, 2.05) is 22.9 Å². The predicted molar refractivity (Wildman–Crippen MR) is 82.6 cm³/mol. The van der Waals surface area contributed by atoms with Gasteiger partial charge in [0, 0.05) is 29.0 Å². The minimum atomic E-state index is 0.0343. The summed E-state index contributed by atoms with van der Waals surface area (Å²) in [6, 6.07) is 8.13. The van der Waals surface area contributed by atoms with E-state index < -0.39 is 0 Å². The normalized spacial score (nSPS) is 11.3. The SMILES string of the molecule is CC(C)(C)NCc1cc(Br)ccc1-n1ccnc1C#N. The summed E-state index contributed by atoms with van der Waals surface area (Å²) >= 11 is 3.50. The van der Waals surface area contributed by atoms with E-state index in [-0.39, 0.29) is 5.54 Å². The van der Waals surface area contributed by atoms with Crippen molar-refractivity contribution in [3.63, 3.8) is 0 Å². The second-order valence-electron chi connectivity index (χ2n) is 5.61. The number of nitriles is 1. The number of rotatable bonds is 3. The van der Waals surface area contributed by atoms with Gasteiger partial charge in [0.1, 0.15) is 6.07 Å². The quantitative estimate of drug-likeness (QED) is 0.937. The Labute approximate surface area is 127 Å². The van der Waals surface area contributed by atoms with E-state index >= 15 is 0 Å². The van der Waals surface area contributed by atoms with Crippen LogP contribution in [0.4, 0.5) is 0 Å². The van der Waals surface area contributed by atoms with Crippen LogP contribution >= 0.6 is 15.9 Å². The van der Waals surface area contributed by atoms with Gasteiger partial charge in [-0.1, -0.05) is 15.9 Å². The molecule has 2 aromatic rings. The molecule has 5 heteroatoms. The van der Waals surface area contributed by atoms with Gasteiger partial charge in [0.25, 0.3) is 0 Å². The Morgan fingerprint density at radius 2 is 2.15 bits per heavy atom. The second-order valence-corrected chi connectivity index (χ2v) is 6.52. The van der Waals surface area contributed by atoms with Gasteiger partial charge in [-0.3, -0.25) is 4.57 Å². The van der Waals surface area contributed by atoms with Gasteiger partial charge in [0.05, 0.1) is 5.69 Å². The van der Waals surface area contributed by atoms with Crippen molar-refractivity contribution in [2.45, 2.75) is 32.9 Å². The standard InChI is InChI=1S/C15H17BrN4/c1-15(2,3)19-10-11-8-12(16)4-5-13(11)20-7-6-18-14(20)9-17/h4-8,19H,10H2,1-3H3. The summed E-state index contributed by atoms with van der Waals surface area (Å²) in [4.78, 5) is 4.05. The van der Waals surface area contributed by atoms with E-state index in [0.717, 1.165) is 22.3 Å². The third kappa shape index (κ3) is 3.47. The van der Waals surface area contributed by atoms with Crippen LogP contribution in [0.2, 0.25) is 0 Å². The molecular weight excluding hydrogens is 316 g/mol. The lowest BCUT2D eigenvalue weighted by Crippen LogP contribution is -2.35. The molecule has 0 unspecified atom stereocenters. The van der Waals surface area contributed by atoms with E-state index in [4.69, 9.17) is 5.26 Å². The fraction of sp³-hybridized carbons (Fsp3) is 0.333. The molecule has 4 nitrogen and oxygen atoms in total. The van der Waals surface area contributed by atoms with Crippen molar-refractivity contribution in [3.05, 3.63) is 46.5 Å². The molecule has 1 aromatic heterocycles. The molecule has 0 radical (unpaired) electrons. The molecule has 20 heavy (non-hydrogen) atoms. The first-order valence-corrected chi connectivity index (χ1v) is 7.17. The molecule has 104 valence electrons. The fourth-order valence-corrected chi connectivity index (χ4v) is 2.28. The molecule has 0 aliphatic heterocycles. The van der Waals surface area contributed by atoms with Crippen LogP contribution in [-0.2, 0) is 6.54 Å². The van der Waals surface area contributed by atoms with Crippen LogP contribution in [0.25, 0.3) is 5.69 Å². The largest absolute Gasteiger partial charge is 0.308 e. The molecule has 0 atom stereocenters. The van der Waals surface area contributed by atoms with Crippen molar-refractivity contribution >= 4 is 15.9 Å². The summed E-state index contributed by atoms with van der Waals surface area (Å²) in [6.45, 7) is 7.11. The Balaban J connectivity index is 2.41. The molecule has 0 aliphatic rings. The zero-order valence-corrected chi connectivity index (χ0v) is 13.4. The summed E-state index contributed by atoms with van der Waals surface area (Å²) in [5, 5.41) is 12.6. The minimum absolute atomic E-state index is 0.0343. The van der Waals surface area contributed by atoms with Crippen LogP contribution in [0.3, 0.4) is 0 Å². The number of nitrogens with one attached hydrogen (secondary N) is 1. The van der Waals surface area contributed by atoms with Crippen LogP contribution < -0.4 is 5.32 Å². The molecule has 1 aromatic carbocycles.